The van der Waals surface area contributed by atoms with Gasteiger partial charge in [0.15, 0.2) is 0 Å². The molecular formula is C21H27N5O4S. The van der Waals surface area contributed by atoms with Crippen LogP contribution in [0.25, 0.3) is 11.4 Å². The first-order chi connectivity index (χ1) is 14.9. The van der Waals surface area contributed by atoms with E-state index in [9.17, 15) is 18.0 Å². The number of rotatable bonds is 5. The molecule has 10 heteroatoms. The van der Waals surface area contributed by atoms with Crippen molar-refractivity contribution in [1.29, 1.82) is 0 Å². The first kappa shape index (κ1) is 21.6. The molecule has 0 radical (unpaired) electrons. The molecule has 2 aliphatic heterocycles. The molecule has 31 heavy (non-hydrogen) atoms. The molecular weight excluding hydrogens is 418 g/mol. The molecule has 9 nitrogen and oxygen atoms in total. The zero-order valence-corrected chi connectivity index (χ0v) is 18.3. The number of H-pyrrole nitrogens is 1. The molecule has 1 atom stereocenters. The molecule has 0 bridgehead atoms. The van der Waals surface area contributed by atoms with Crippen LogP contribution < -0.4 is 5.56 Å². The Hall–Kier alpha value is -2.59. The van der Waals surface area contributed by atoms with Crippen LogP contribution in [-0.2, 0) is 14.8 Å². The summed E-state index contributed by atoms with van der Waals surface area (Å²) in [6, 6.07) is 6.55. The fourth-order valence-electron chi connectivity index (χ4n) is 4.39. The third kappa shape index (κ3) is 4.54. The van der Waals surface area contributed by atoms with E-state index in [1.165, 1.54) is 10.4 Å². The van der Waals surface area contributed by atoms with Crippen LogP contribution in [0.2, 0.25) is 0 Å². The number of carbonyl (C=O) groups excluding carboxylic acids is 1. The molecule has 0 aromatic carbocycles. The van der Waals surface area contributed by atoms with E-state index in [4.69, 9.17) is 0 Å². The van der Waals surface area contributed by atoms with Gasteiger partial charge in [0.25, 0.3) is 5.56 Å². The van der Waals surface area contributed by atoms with Crippen molar-refractivity contribution in [2.75, 3.05) is 25.4 Å². The summed E-state index contributed by atoms with van der Waals surface area (Å²) in [6.45, 7) is 2.98. The fraction of sp³-hybridized carbons (Fsp3) is 0.524. The van der Waals surface area contributed by atoms with Crippen LogP contribution in [0.15, 0.2) is 35.3 Å². The zero-order valence-electron chi connectivity index (χ0n) is 17.5. The maximum absolute atomic E-state index is 13.3. The summed E-state index contributed by atoms with van der Waals surface area (Å²) in [5, 5.41) is 0. The Morgan fingerprint density at radius 3 is 2.61 bits per heavy atom. The highest BCUT2D eigenvalue weighted by Gasteiger charge is 2.38. The van der Waals surface area contributed by atoms with Gasteiger partial charge >= 0.3 is 0 Å². The largest absolute Gasteiger partial charge is 0.332 e. The molecule has 0 aliphatic carbocycles. The number of carbonyl (C=O) groups is 1. The van der Waals surface area contributed by atoms with Crippen LogP contribution in [0.3, 0.4) is 0 Å². The average molecular weight is 446 g/mol. The molecule has 2 aromatic heterocycles. The highest BCUT2D eigenvalue weighted by atomic mass is 32.2. The van der Waals surface area contributed by atoms with Crippen LogP contribution in [0.5, 0.6) is 0 Å². The van der Waals surface area contributed by atoms with Crippen LogP contribution in [0.4, 0.5) is 0 Å². The van der Waals surface area contributed by atoms with Gasteiger partial charge in [0.1, 0.15) is 5.82 Å². The molecule has 0 spiro atoms. The van der Waals surface area contributed by atoms with Gasteiger partial charge in [-0.15, -0.1) is 0 Å². The highest BCUT2D eigenvalue weighted by molar-refractivity contribution is 7.89. The number of hydrogen-bond donors (Lipinski definition) is 1. The monoisotopic (exact) mass is 445 g/mol. The number of amides is 1. The minimum atomic E-state index is -3.23. The maximum atomic E-state index is 13.3. The number of nitrogens with zero attached hydrogens (tertiary/aromatic N) is 4. The first-order valence-electron chi connectivity index (χ1n) is 10.7. The zero-order chi connectivity index (χ0) is 22.0. The highest BCUT2D eigenvalue weighted by Crippen LogP contribution is 2.33. The lowest BCUT2D eigenvalue weighted by atomic mass is 9.96. The second kappa shape index (κ2) is 8.88. The third-order valence-electron chi connectivity index (χ3n) is 6.10. The Morgan fingerprint density at radius 1 is 1.16 bits per heavy atom. The van der Waals surface area contributed by atoms with E-state index in [-0.39, 0.29) is 29.2 Å². The van der Waals surface area contributed by atoms with E-state index in [1.807, 2.05) is 6.07 Å². The minimum Gasteiger partial charge on any atom is -0.332 e. The number of likely N-dealkylation sites (tertiary alicyclic amines) is 1. The standard InChI is InChI=1S/C21H27N5O4S/c1-2-31(29,30)25-12-8-15(9-13-25)21(28)26-11-5-7-18(26)20-23-17(14-19(27)24-20)16-6-3-4-10-22-16/h3-4,6,10,14-15,18H,2,5,7-9,11-13H2,1H3,(H,23,24,27)/t18-/m0/s1. The smallest absolute Gasteiger partial charge is 0.251 e. The number of aromatic amines is 1. The van der Waals surface area contributed by atoms with Crippen molar-refractivity contribution in [2.45, 2.75) is 38.6 Å². The SMILES string of the molecule is CCS(=O)(=O)N1CCC(C(=O)N2CCC[C@H]2c2nc(-c3ccccn3)cc(=O)[nH]2)CC1. The Balaban J connectivity index is 1.52. The summed E-state index contributed by atoms with van der Waals surface area (Å²) in [5.41, 5.74) is 0.815. The summed E-state index contributed by atoms with van der Waals surface area (Å²) >= 11 is 0. The molecule has 166 valence electrons. The Kier molecular flexibility index (Phi) is 6.19. The van der Waals surface area contributed by atoms with Gasteiger partial charge in [-0.2, -0.15) is 0 Å². The van der Waals surface area contributed by atoms with Gasteiger partial charge in [-0.1, -0.05) is 6.07 Å². The van der Waals surface area contributed by atoms with Gasteiger partial charge in [0, 0.05) is 37.8 Å². The summed E-state index contributed by atoms with van der Waals surface area (Å²) in [5.74, 6) is 0.354. The van der Waals surface area contributed by atoms with E-state index in [0.717, 1.165) is 12.8 Å². The van der Waals surface area contributed by atoms with E-state index < -0.39 is 10.0 Å². The van der Waals surface area contributed by atoms with Crippen LogP contribution >= 0.6 is 0 Å². The number of hydrogen-bond acceptors (Lipinski definition) is 6. The van der Waals surface area contributed by atoms with Gasteiger partial charge in [0.2, 0.25) is 15.9 Å². The molecule has 1 N–H and O–H groups in total. The van der Waals surface area contributed by atoms with E-state index >= 15 is 0 Å². The third-order valence-corrected chi connectivity index (χ3v) is 7.98. The van der Waals surface area contributed by atoms with Crippen molar-refractivity contribution in [3.63, 3.8) is 0 Å². The van der Waals surface area contributed by atoms with Crippen molar-refractivity contribution >= 4 is 15.9 Å². The Labute approximate surface area is 181 Å². The predicted octanol–water partition coefficient (Wildman–Crippen LogP) is 1.56. The number of sulfonamides is 1. The maximum Gasteiger partial charge on any atom is 0.251 e. The summed E-state index contributed by atoms with van der Waals surface area (Å²) < 4.78 is 25.7. The molecule has 1 amide bonds. The van der Waals surface area contributed by atoms with Crippen molar-refractivity contribution in [1.82, 2.24) is 24.2 Å². The molecule has 2 aliphatic rings. The lowest BCUT2D eigenvalue weighted by molar-refractivity contribution is -0.137. The fourth-order valence-corrected chi connectivity index (χ4v) is 5.52. The molecule has 4 heterocycles. The van der Waals surface area contributed by atoms with Crippen molar-refractivity contribution in [2.24, 2.45) is 5.92 Å². The van der Waals surface area contributed by atoms with Crippen molar-refractivity contribution in [3.05, 3.63) is 46.6 Å². The summed E-state index contributed by atoms with van der Waals surface area (Å²) in [6.07, 6.45) is 4.23. The summed E-state index contributed by atoms with van der Waals surface area (Å²) in [7, 11) is -3.23. The number of piperidine rings is 1. The minimum absolute atomic E-state index is 0.0157. The van der Waals surface area contributed by atoms with Crippen LogP contribution in [-0.4, -0.2) is 63.9 Å². The number of aromatic nitrogens is 3. The van der Waals surface area contributed by atoms with E-state index in [0.29, 0.717) is 49.7 Å². The van der Waals surface area contributed by atoms with Crippen molar-refractivity contribution in [3.8, 4) is 11.4 Å². The molecule has 4 rings (SSSR count). The van der Waals surface area contributed by atoms with Crippen LogP contribution in [0.1, 0.15) is 44.5 Å². The normalized spacial score (nSPS) is 20.8. The predicted molar refractivity (Wildman–Crippen MR) is 116 cm³/mol. The average Bonchev–Trinajstić information content (AvgIpc) is 3.29. The van der Waals surface area contributed by atoms with Crippen LogP contribution in [0, 0.1) is 5.92 Å². The lowest BCUT2D eigenvalue weighted by Gasteiger charge is -2.34. The quantitative estimate of drug-likeness (QED) is 0.747. The first-order valence-corrected chi connectivity index (χ1v) is 12.3. The van der Waals surface area contributed by atoms with Gasteiger partial charge in [-0.05, 0) is 44.7 Å². The lowest BCUT2D eigenvalue weighted by Crippen LogP contribution is -2.44. The molecule has 0 unspecified atom stereocenters. The van der Waals surface area contributed by atoms with Gasteiger partial charge in [-0.3, -0.25) is 14.6 Å². The number of pyridine rings is 1. The van der Waals surface area contributed by atoms with E-state index in [2.05, 4.69) is 15.0 Å². The Morgan fingerprint density at radius 2 is 1.94 bits per heavy atom. The van der Waals surface area contributed by atoms with Gasteiger partial charge in [-0.25, -0.2) is 17.7 Å². The molecule has 2 saturated heterocycles. The molecule has 2 aromatic rings. The van der Waals surface area contributed by atoms with Crippen molar-refractivity contribution < 1.29 is 13.2 Å². The second-order valence-corrected chi connectivity index (χ2v) is 10.3. The Bertz CT molecular complexity index is 1090. The van der Waals surface area contributed by atoms with Gasteiger partial charge < -0.3 is 9.88 Å². The van der Waals surface area contributed by atoms with E-state index in [1.54, 1.807) is 30.2 Å². The van der Waals surface area contributed by atoms with Gasteiger partial charge in [0.05, 0.1) is 23.2 Å². The number of nitrogens with one attached hydrogen (secondary N) is 1. The second-order valence-electron chi connectivity index (χ2n) is 7.99. The molecule has 0 saturated carbocycles. The summed E-state index contributed by atoms with van der Waals surface area (Å²) in [4.78, 5) is 39.1. The topological polar surface area (TPSA) is 116 Å². The molecule has 2 fully saturated rings.